The van der Waals surface area contributed by atoms with Crippen LogP contribution in [0.2, 0.25) is 0 Å². The fraction of sp³-hybridized carbons (Fsp3) is 0.562. The van der Waals surface area contributed by atoms with E-state index in [4.69, 9.17) is 4.74 Å². The molecule has 1 saturated carbocycles. The maximum atomic E-state index is 12.0. The third-order valence-electron chi connectivity index (χ3n) is 4.09. The second-order valence-electron chi connectivity index (χ2n) is 5.32. The van der Waals surface area contributed by atoms with Crippen molar-refractivity contribution in [1.29, 1.82) is 0 Å². The van der Waals surface area contributed by atoms with E-state index in [-0.39, 0.29) is 12.0 Å². The van der Waals surface area contributed by atoms with E-state index in [0.717, 1.165) is 24.3 Å². The van der Waals surface area contributed by atoms with Crippen molar-refractivity contribution in [2.45, 2.75) is 44.7 Å². The number of benzene rings is 1. The summed E-state index contributed by atoms with van der Waals surface area (Å²) in [6.45, 7) is 2.24. The van der Waals surface area contributed by atoms with Crippen molar-refractivity contribution in [3.05, 3.63) is 35.9 Å². The van der Waals surface area contributed by atoms with Gasteiger partial charge in [0.25, 0.3) is 0 Å². The molecule has 0 radical (unpaired) electrons. The molecule has 0 heterocycles. The first-order chi connectivity index (χ1) is 9.24. The van der Waals surface area contributed by atoms with Gasteiger partial charge in [0.05, 0.1) is 7.11 Å². The minimum atomic E-state index is -0.341. The van der Waals surface area contributed by atoms with Gasteiger partial charge in [-0.05, 0) is 30.7 Å². The Hall–Kier alpha value is -1.35. The molecule has 0 bridgehead atoms. The average molecular weight is 261 g/mol. The lowest BCUT2D eigenvalue weighted by atomic mass is 10.0. The van der Waals surface area contributed by atoms with E-state index in [1.165, 1.54) is 20.0 Å². The number of carbonyl (C=O) groups excluding carboxylic acids is 1. The highest BCUT2D eigenvalue weighted by molar-refractivity contribution is 5.77. The van der Waals surface area contributed by atoms with Crippen molar-refractivity contribution >= 4 is 5.97 Å². The van der Waals surface area contributed by atoms with Crippen LogP contribution in [0.4, 0.5) is 0 Å². The largest absolute Gasteiger partial charge is 0.468 e. The van der Waals surface area contributed by atoms with Gasteiger partial charge in [-0.15, -0.1) is 0 Å². The maximum absolute atomic E-state index is 12.0. The standard InChI is InChI=1S/C16H23NO2/c1-3-12-9-10-14(11-12)17-15(16(18)19-2)13-7-5-4-6-8-13/h4-8,12,14-15,17H,3,9-11H2,1-2H3. The summed E-state index contributed by atoms with van der Waals surface area (Å²) in [6, 6.07) is 9.90. The molecule has 104 valence electrons. The molecular weight excluding hydrogens is 238 g/mol. The Labute approximate surface area is 115 Å². The van der Waals surface area contributed by atoms with E-state index in [9.17, 15) is 4.79 Å². The molecule has 1 aliphatic carbocycles. The molecule has 3 heteroatoms. The van der Waals surface area contributed by atoms with E-state index in [2.05, 4.69) is 12.2 Å². The van der Waals surface area contributed by atoms with Gasteiger partial charge < -0.3 is 4.74 Å². The lowest BCUT2D eigenvalue weighted by molar-refractivity contribution is -0.143. The topological polar surface area (TPSA) is 38.3 Å². The van der Waals surface area contributed by atoms with Gasteiger partial charge in [0.2, 0.25) is 0 Å². The number of nitrogens with one attached hydrogen (secondary N) is 1. The van der Waals surface area contributed by atoms with Crippen molar-refractivity contribution in [3.8, 4) is 0 Å². The van der Waals surface area contributed by atoms with Gasteiger partial charge in [-0.2, -0.15) is 0 Å². The first-order valence-electron chi connectivity index (χ1n) is 7.13. The molecule has 1 N–H and O–H groups in total. The Morgan fingerprint density at radius 3 is 2.68 bits per heavy atom. The fourth-order valence-electron chi connectivity index (χ4n) is 2.90. The molecular formula is C16H23NO2. The van der Waals surface area contributed by atoms with Crippen molar-refractivity contribution in [2.24, 2.45) is 5.92 Å². The molecule has 0 aliphatic heterocycles. The summed E-state index contributed by atoms with van der Waals surface area (Å²) in [6.07, 6.45) is 4.80. The Morgan fingerprint density at radius 2 is 2.11 bits per heavy atom. The van der Waals surface area contributed by atoms with E-state index in [0.29, 0.717) is 6.04 Å². The number of rotatable bonds is 5. The summed E-state index contributed by atoms with van der Waals surface area (Å²) in [5.41, 5.74) is 0.981. The monoisotopic (exact) mass is 261 g/mol. The van der Waals surface area contributed by atoms with Gasteiger partial charge >= 0.3 is 5.97 Å². The van der Waals surface area contributed by atoms with Crippen LogP contribution in [0, 0.1) is 5.92 Å². The van der Waals surface area contributed by atoms with Crippen molar-refractivity contribution in [3.63, 3.8) is 0 Å². The zero-order valence-corrected chi connectivity index (χ0v) is 11.8. The van der Waals surface area contributed by atoms with Crippen molar-refractivity contribution < 1.29 is 9.53 Å². The number of carbonyl (C=O) groups is 1. The molecule has 1 aliphatic rings. The van der Waals surface area contributed by atoms with Crippen LogP contribution in [0.3, 0.4) is 0 Å². The second-order valence-corrected chi connectivity index (χ2v) is 5.32. The second kappa shape index (κ2) is 6.71. The highest BCUT2D eigenvalue weighted by atomic mass is 16.5. The summed E-state index contributed by atoms with van der Waals surface area (Å²) in [7, 11) is 1.45. The Bertz CT molecular complexity index is 404. The molecule has 0 amide bonds. The van der Waals surface area contributed by atoms with Gasteiger partial charge in [0.1, 0.15) is 6.04 Å². The van der Waals surface area contributed by atoms with Crippen LogP contribution in [0.5, 0.6) is 0 Å². The molecule has 0 spiro atoms. The lowest BCUT2D eigenvalue weighted by Gasteiger charge is -2.21. The van der Waals surface area contributed by atoms with Crippen LogP contribution in [0.1, 0.15) is 44.2 Å². The van der Waals surface area contributed by atoms with Crippen LogP contribution in [0.15, 0.2) is 30.3 Å². The minimum absolute atomic E-state index is 0.203. The van der Waals surface area contributed by atoms with E-state index in [1.54, 1.807) is 0 Å². The normalized spacial score (nSPS) is 24.1. The van der Waals surface area contributed by atoms with Gasteiger partial charge in [0, 0.05) is 6.04 Å². The highest BCUT2D eigenvalue weighted by Crippen LogP contribution is 2.29. The smallest absolute Gasteiger partial charge is 0.327 e. The Kier molecular flexibility index (Phi) is 4.97. The lowest BCUT2D eigenvalue weighted by Crippen LogP contribution is -2.36. The third-order valence-corrected chi connectivity index (χ3v) is 4.09. The average Bonchev–Trinajstić information content (AvgIpc) is 2.92. The maximum Gasteiger partial charge on any atom is 0.327 e. The molecule has 19 heavy (non-hydrogen) atoms. The van der Waals surface area contributed by atoms with Crippen LogP contribution in [0.25, 0.3) is 0 Å². The molecule has 1 aromatic carbocycles. The van der Waals surface area contributed by atoms with Gasteiger partial charge in [-0.3, -0.25) is 5.32 Å². The van der Waals surface area contributed by atoms with Gasteiger partial charge in [-0.25, -0.2) is 4.79 Å². The molecule has 3 nitrogen and oxygen atoms in total. The zero-order chi connectivity index (χ0) is 13.7. The number of ether oxygens (including phenoxy) is 1. The quantitative estimate of drug-likeness (QED) is 0.828. The molecule has 1 fully saturated rings. The number of hydrogen-bond acceptors (Lipinski definition) is 3. The third kappa shape index (κ3) is 3.57. The summed E-state index contributed by atoms with van der Waals surface area (Å²) < 4.78 is 4.93. The first-order valence-corrected chi connectivity index (χ1v) is 7.13. The van der Waals surface area contributed by atoms with Crippen LogP contribution in [-0.4, -0.2) is 19.1 Å². The van der Waals surface area contributed by atoms with Gasteiger partial charge in [0.15, 0.2) is 0 Å². The van der Waals surface area contributed by atoms with E-state index in [1.807, 2.05) is 30.3 Å². The summed E-state index contributed by atoms with van der Waals surface area (Å²) >= 11 is 0. The van der Waals surface area contributed by atoms with E-state index < -0.39 is 0 Å². The molecule has 3 atom stereocenters. The Balaban J connectivity index is 2.05. The fourth-order valence-corrected chi connectivity index (χ4v) is 2.90. The van der Waals surface area contributed by atoms with Gasteiger partial charge in [-0.1, -0.05) is 43.7 Å². The van der Waals surface area contributed by atoms with Crippen molar-refractivity contribution in [2.75, 3.05) is 7.11 Å². The van der Waals surface area contributed by atoms with Crippen LogP contribution < -0.4 is 5.32 Å². The predicted molar refractivity (Wildman–Crippen MR) is 75.8 cm³/mol. The molecule has 1 aromatic rings. The molecule has 3 unspecified atom stereocenters. The highest BCUT2D eigenvalue weighted by Gasteiger charge is 2.29. The first kappa shape index (κ1) is 14.1. The minimum Gasteiger partial charge on any atom is -0.468 e. The van der Waals surface area contributed by atoms with Crippen molar-refractivity contribution in [1.82, 2.24) is 5.32 Å². The SMILES string of the molecule is CCC1CCC(NC(C(=O)OC)c2ccccc2)C1. The Morgan fingerprint density at radius 1 is 1.37 bits per heavy atom. The molecule has 0 saturated heterocycles. The molecule has 2 rings (SSSR count). The van der Waals surface area contributed by atoms with E-state index >= 15 is 0 Å². The van der Waals surface area contributed by atoms with Crippen LogP contribution in [-0.2, 0) is 9.53 Å². The predicted octanol–water partition coefficient (Wildman–Crippen LogP) is 3.07. The summed E-state index contributed by atoms with van der Waals surface area (Å²) in [5.74, 6) is 0.595. The van der Waals surface area contributed by atoms with Crippen LogP contribution >= 0.6 is 0 Å². The number of methoxy groups -OCH3 is 1. The zero-order valence-electron chi connectivity index (χ0n) is 11.8. The molecule has 0 aromatic heterocycles. The number of hydrogen-bond donors (Lipinski definition) is 1. The summed E-state index contributed by atoms with van der Waals surface area (Å²) in [5, 5.41) is 3.47. The summed E-state index contributed by atoms with van der Waals surface area (Å²) in [4.78, 5) is 12.0. The number of esters is 1.